The van der Waals surface area contributed by atoms with E-state index >= 15 is 0 Å². The summed E-state index contributed by atoms with van der Waals surface area (Å²) in [6.07, 6.45) is 12.8. The van der Waals surface area contributed by atoms with Crippen molar-refractivity contribution in [1.29, 1.82) is 0 Å². The fraction of sp³-hybridized carbons (Fsp3) is 0.591. The fourth-order valence-electron chi connectivity index (χ4n) is 4.82. The lowest BCUT2D eigenvalue weighted by Crippen LogP contribution is -2.37. The number of aryl methyl sites for hydroxylation is 1. The minimum Gasteiger partial charge on any atom is -0.481 e. The lowest BCUT2D eigenvalue weighted by molar-refractivity contribution is -0.146. The Morgan fingerprint density at radius 3 is 2.41 bits per heavy atom. The Balaban J connectivity index is 1.54. The number of hydrogen-bond acceptors (Lipinski definition) is 4. The molecule has 1 aromatic heterocycles. The number of amides is 2. The first kappa shape index (κ1) is 20.1. The van der Waals surface area contributed by atoms with Gasteiger partial charge in [-0.15, -0.1) is 11.3 Å². The number of allylic oxidation sites excluding steroid dienone is 2. The summed E-state index contributed by atoms with van der Waals surface area (Å²) in [5.41, 5.74) is 1.68. The van der Waals surface area contributed by atoms with E-state index < -0.39 is 17.8 Å². The van der Waals surface area contributed by atoms with Gasteiger partial charge in [0, 0.05) is 10.9 Å². The maximum atomic E-state index is 13.1. The van der Waals surface area contributed by atoms with Gasteiger partial charge >= 0.3 is 5.97 Å². The number of carboxylic acid groups (broad SMARTS) is 1. The summed E-state index contributed by atoms with van der Waals surface area (Å²) in [5, 5.41) is 16.2. The van der Waals surface area contributed by atoms with Crippen LogP contribution < -0.4 is 10.6 Å². The molecule has 0 aliphatic heterocycles. The third kappa shape index (κ3) is 4.25. The smallest absolute Gasteiger partial charge is 0.307 e. The summed E-state index contributed by atoms with van der Waals surface area (Å²) in [5.74, 6) is -2.66. The van der Waals surface area contributed by atoms with E-state index in [2.05, 4.69) is 10.6 Å². The van der Waals surface area contributed by atoms with E-state index in [9.17, 15) is 19.5 Å². The highest BCUT2D eigenvalue weighted by atomic mass is 32.1. The van der Waals surface area contributed by atoms with Gasteiger partial charge in [0.1, 0.15) is 5.00 Å². The van der Waals surface area contributed by atoms with Crippen molar-refractivity contribution in [2.75, 3.05) is 5.32 Å². The Bertz CT molecular complexity index is 838. The molecule has 0 bridgehead atoms. The number of thiophene rings is 1. The number of rotatable bonds is 5. The second-order valence-electron chi connectivity index (χ2n) is 8.35. The first-order valence-electron chi connectivity index (χ1n) is 10.7. The summed E-state index contributed by atoms with van der Waals surface area (Å²) in [6, 6.07) is 0.205. The predicted molar refractivity (Wildman–Crippen MR) is 112 cm³/mol. The number of anilines is 1. The molecule has 2 atom stereocenters. The Morgan fingerprint density at radius 2 is 1.69 bits per heavy atom. The highest BCUT2D eigenvalue weighted by Crippen LogP contribution is 2.40. The van der Waals surface area contributed by atoms with E-state index in [1.165, 1.54) is 22.6 Å². The van der Waals surface area contributed by atoms with Gasteiger partial charge in [0.05, 0.1) is 17.4 Å². The zero-order chi connectivity index (χ0) is 20.4. The lowest BCUT2D eigenvalue weighted by Gasteiger charge is -2.25. The van der Waals surface area contributed by atoms with Gasteiger partial charge in [0.2, 0.25) is 5.91 Å². The third-order valence-corrected chi connectivity index (χ3v) is 7.62. The topological polar surface area (TPSA) is 95.5 Å². The molecule has 4 rings (SSSR count). The second kappa shape index (κ2) is 8.69. The van der Waals surface area contributed by atoms with Crippen LogP contribution in [-0.2, 0) is 22.4 Å². The summed E-state index contributed by atoms with van der Waals surface area (Å²) < 4.78 is 0. The molecular weight excluding hydrogens is 388 g/mol. The van der Waals surface area contributed by atoms with Gasteiger partial charge in [-0.05, 0) is 50.5 Å². The summed E-state index contributed by atoms with van der Waals surface area (Å²) in [7, 11) is 0. The molecule has 1 heterocycles. The van der Waals surface area contributed by atoms with E-state index in [0.717, 1.165) is 50.5 Å². The molecule has 0 saturated heterocycles. The van der Waals surface area contributed by atoms with E-state index in [4.69, 9.17) is 0 Å². The first-order valence-corrected chi connectivity index (χ1v) is 11.5. The van der Waals surface area contributed by atoms with Crippen LogP contribution in [-0.4, -0.2) is 28.9 Å². The van der Waals surface area contributed by atoms with E-state index in [1.807, 2.05) is 12.2 Å². The third-order valence-electron chi connectivity index (χ3n) is 6.41. The van der Waals surface area contributed by atoms with Gasteiger partial charge in [-0.1, -0.05) is 31.4 Å². The molecule has 1 fully saturated rings. The van der Waals surface area contributed by atoms with Crippen molar-refractivity contribution in [2.45, 2.75) is 70.3 Å². The minimum atomic E-state index is -0.946. The molecule has 29 heavy (non-hydrogen) atoms. The van der Waals surface area contributed by atoms with Gasteiger partial charge in [-0.3, -0.25) is 14.4 Å². The van der Waals surface area contributed by atoms with Gasteiger partial charge in [0.25, 0.3) is 5.91 Å². The van der Waals surface area contributed by atoms with E-state index in [-0.39, 0.29) is 17.9 Å². The van der Waals surface area contributed by atoms with Crippen LogP contribution in [0.15, 0.2) is 12.2 Å². The van der Waals surface area contributed by atoms with Gasteiger partial charge in [0.15, 0.2) is 0 Å². The van der Waals surface area contributed by atoms with Gasteiger partial charge in [-0.2, -0.15) is 0 Å². The molecule has 7 heteroatoms. The number of aliphatic carboxylic acids is 1. The van der Waals surface area contributed by atoms with Crippen molar-refractivity contribution in [3.8, 4) is 0 Å². The Kier molecular flexibility index (Phi) is 6.04. The normalized spacial score (nSPS) is 24.1. The predicted octanol–water partition coefficient (Wildman–Crippen LogP) is 3.90. The minimum absolute atomic E-state index is 0.0927. The molecule has 6 nitrogen and oxygen atoms in total. The summed E-state index contributed by atoms with van der Waals surface area (Å²) in [6.45, 7) is 0. The Labute approximate surface area is 174 Å². The highest BCUT2D eigenvalue weighted by molar-refractivity contribution is 7.17. The fourth-order valence-corrected chi connectivity index (χ4v) is 6.11. The number of nitrogens with one attached hydrogen (secondary N) is 2. The first-order chi connectivity index (χ1) is 14.0. The zero-order valence-electron chi connectivity index (χ0n) is 16.5. The van der Waals surface area contributed by atoms with Crippen LogP contribution in [0.1, 0.15) is 72.2 Å². The average Bonchev–Trinajstić information content (AvgIpc) is 3.29. The number of fused-ring (bicyclic) bond motifs is 1. The number of carbonyl (C=O) groups excluding carboxylic acids is 2. The molecule has 3 aliphatic rings. The van der Waals surface area contributed by atoms with Gasteiger partial charge in [-0.25, -0.2) is 0 Å². The van der Waals surface area contributed by atoms with Crippen LogP contribution in [0, 0.1) is 11.8 Å². The molecule has 1 aromatic rings. The maximum Gasteiger partial charge on any atom is 0.307 e. The van der Waals surface area contributed by atoms with E-state index in [0.29, 0.717) is 23.4 Å². The molecule has 2 amide bonds. The molecule has 0 unspecified atom stereocenters. The highest BCUT2D eigenvalue weighted by Gasteiger charge is 2.36. The van der Waals surface area contributed by atoms with E-state index in [1.54, 1.807) is 0 Å². The van der Waals surface area contributed by atoms with Crippen molar-refractivity contribution < 1.29 is 19.5 Å². The van der Waals surface area contributed by atoms with Crippen molar-refractivity contribution in [3.05, 3.63) is 28.2 Å². The quantitative estimate of drug-likeness (QED) is 0.634. The second-order valence-corrected chi connectivity index (χ2v) is 9.46. The summed E-state index contributed by atoms with van der Waals surface area (Å²) >= 11 is 1.48. The molecule has 3 aliphatic carbocycles. The van der Waals surface area contributed by atoms with Crippen LogP contribution in [0.25, 0.3) is 0 Å². The average molecular weight is 417 g/mol. The molecule has 0 radical (unpaired) electrons. The molecular formula is C22H28N2O4S. The van der Waals surface area contributed by atoms with Crippen LogP contribution in [0.3, 0.4) is 0 Å². The Morgan fingerprint density at radius 1 is 0.966 bits per heavy atom. The van der Waals surface area contributed by atoms with Crippen molar-refractivity contribution in [1.82, 2.24) is 5.32 Å². The van der Waals surface area contributed by atoms with Crippen LogP contribution in [0.4, 0.5) is 5.00 Å². The molecule has 156 valence electrons. The molecule has 0 spiro atoms. The van der Waals surface area contributed by atoms with Crippen molar-refractivity contribution >= 4 is 34.1 Å². The van der Waals surface area contributed by atoms with Crippen molar-refractivity contribution in [2.24, 2.45) is 11.8 Å². The zero-order valence-corrected chi connectivity index (χ0v) is 17.4. The molecule has 0 aromatic carbocycles. The molecule has 3 N–H and O–H groups in total. The summed E-state index contributed by atoms with van der Waals surface area (Å²) in [4.78, 5) is 38.8. The standard InChI is InChI=1S/C22H28N2O4S/c25-19(14-9-4-5-10-15(14)22(27)28)24-21-18(16-11-6-12-17(16)29-21)20(26)23-13-7-2-1-3-8-13/h4-5,13-15H,1-3,6-12H2,(H,23,26)(H,24,25)(H,27,28)/t14-,15-/m1/s1. The lowest BCUT2D eigenvalue weighted by atomic mass is 9.82. The monoisotopic (exact) mass is 416 g/mol. The van der Waals surface area contributed by atoms with Crippen LogP contribution in [0.5, 0.6) is 0 Å². The number of carboxylic acids is 1. The van der Waals surface area contributed by atoms with Crippen LogP contribution in [0.2, 0.25) is 0 Å². The molecule has 1 saturated carbocycles. The van der Waals surface area contributed by atoms with Crippen LogP contribution >= 0.6 is 11.3 Å². The van der Waals surface area contributed by atoms with Crippen molar-refractivity contribution in [3.63, 3.8) is 0 Å². The Hall–Kier alpha value is -2.15. The van der Waals surface area contributed by atoms with Gasteiger partial charge < -0.3 is 15.7 Å². The number of carbonyl (C=O) groups is 3. The largest absolute Gasteiger partial charge is 0.481 e. The maximum absolute atomic E-state index is 13.1. The number of hydrogen-bond donors (Lipinski definition) is 3. The SMILES string of the molecule is O=C(NC1CCCCC1)c1c(NC(=O)[C@@H]2CC=CC[C@H]2C(=O)O)sc2c1CCC2.